The topological polar surface area (TPSA) is 56.7 Å². The first-order valence-corrected chi connectivity index (χ1v) is 25.0. The molecule has 5 nitrogen and oxygen atoms in total. The monoisotopic (exact) mass is 1010 g/mol. The second-order valence-corrected chi connectivity index (χ2v) is 24.0. The van der Waals surface area contributed by atoms with Gasteiger partial charge in [-0.15, -0.1) is 54.1 Å². The molecule has 0 amide bonds. The molecule has 5 aromatic carbocycles. The van der Waals surface area contributed by atoms with Crippen molar-refractivity contribution in [3.63, 3.8) is 0 Å². The minimum Gasteiger partial charge on any atom is -0.501 e. The van der Waals surface area contributed by atoms with Crippen molar-refractivity contribution in [2.24, 2.45) is 5.41 Å². The Morgan fingerprint density at radius 1 is 0.710 bits per heavy atom. The summed E-state index contributed by atoms with van der Waals surface area (Å²) >= 11 is 0. The summed E-state index contributed by atoms with van der Waals surface area (Å²) < 4.78 is 8.70. The van der Waals surface area contributed by atoms with E-state index < -0.39 is 8.07 Å². The number of nitrogens with zero attached hydrogens (tertiary/aromatic N) is 4. The Labute approximate surface area is 382 Å². The number of hydrogen-bond acceptors (Lipinski definition) is 4. The second kappa shape index (κ2) is 18.1. The van der Waals surface area contributed by atoms with E-state index >= 15 is 0 Å². The molecule has 0 unspecified atom stereocenters. The van der Waals surface area contributed by atoms with Crippen molar-refractivity contribution >= 4 is 46.4 Å². The van der Waals surface area contributed by atoms with Gasteiger partial charge >= 0.3 is 0 Å². The third kappa shape index (κ3) is 9.17. The first-order chi connectivity index (χ1) is 29.2. The van der Waals surface area contributed by atoms with Crippen LogP contribution in [0.3, 0.4) is 0 Å². The summed E-state index contributed by atoms with van der Waals surface area (Å²) in [7, 11) is -1.37. The van der Waals surface area contributed by atoms with Gasteiger partial charge in [0.25, 0.3) is 0 Å². The van der Waals surface area contributed by atoms with E-state index in [0.29, 0.717) is 0 Å². The minimum atomic E-state index is -1.37. The van der Waals surface area contributed by atoms with Gasteiger partial charge in [-0.05, 0) is 87.1 Å². The van der Waals surface area contributed by atoms with Crippen LogP contribution < -0.4 is 5.19 Å². The summed E-state index contributed by atoms with van der Waals surface area (Å²) in [5.74, 6) is 1.34. The number of para-hydroxylation sites is 1. The fourth-order valence-electron chi connectivity index (χ4n) is 8.35. The van der Waals surface area contributed by atoms with Crippen LogP contribution in [0.2, 0.25) is 19.6 Å². The van der Waals surface area contributed by atoms with Crippen LogP contribution >= 0.6 is 0 Å². The predicted octanol–water partition coefficient (Wildman–Crippen LogP) is 14.4. The molecule has 62 heavy (non-hydrogen) atoms. The van der Waals surface area contributed by atoms with Crippen molar-refractivity contribution < 1.29 is 24.5 Å². The quantitative estimate of drug-likeness (QED) is 0.112. The van der Waals surface area contributed by atoms with Crippen LogP contribution in [0.5, 0.6) is 0 Å². The molecule has 9 rings (SSSR count). The van der Waals surface area contributed by atoms with Crippen LogP contribution in [0.25, 0.3) is 72.6 Å². The standard InChI is InChI=1S/C36H30N3O.C19H26NSi.Ir/c1-22(2)29-20-25(24-12-6-5-7-13-24)21-30(23(3)4)33(29)39-35(38-31-17-11-19-37-36(31)39)28-16-10-15-27-26-14-8-9-18-32(26)40-34(27)28;1-19(2,3)13-16-12-17(15-10-8-7-9-11-15)20-14-18(16)21(4,5)6;/h5-15,17-23H,1-4H3;7-10,12,14H,13H2,1-6H3;/q2*-1;. The Hall–Kier alpha value is -5.46. The van der Waals surface area contributed by atoms with Crippen LogP contribution in [0.4, 0.5) is 0 Å². The number of benzene rings is 5. The van der Waals surface area contributed by atoms with Gasteiger partial charge in [0, 0.05) is 43.6 Å². The molecular formula is C55H56IrN4OSi-2. The van der Waals surface area contributed by atoms with Crippen molar-refractivity contribution in [3.05, 3.63) is 163 Å². The van der Waals surface area contributed by atoms with Crippen LogP contribution in [0.1, 0.15) is 77.0 Å². The molecule has 317 valence electrons. The number of rotatable bonds is 8. The number of aromatic nitrogens is 4. The second-order valence-electron chi connectivity index (χ2n) is 19.0. The van der Waals surface area contributed by atoms with E-state index in [1.807, 2.05) is 60.8 Å². The molecule has 0 atom stereocenters. The Kier molecular flexibility index (Phi) is 13.0. The summed E-state index contributed by atoms with van der Waals surface area (Å²) in [4.78, 5) is 14.7. The number of imidazole rings is 1. The molecule has 1 radical (unpaired) electrons. The Morgan fingerprint density at radius 2 is 1.40 bits per heavy atom. The number of furan rings is 1. The first kappa shape index (κ1) is 44.6. The first-order valence-electron chi connectivity index (χ1n) is 21.5. The Morgan fingerprint density at radius 3 is 2.06 bits per heavy atom. The Bertz CT molecular complexity index is 2940. The van der Waals surface area contributed by atoms with Gasteiger partial charge < -0.3 is 14.0 Å². The van der Waals surface area contributed by atoms with Gasteiger partial charge in [-0.25, -0.2) is 4.98 Å². The van der Waals surface area contributed by atoms with E-state index in [1.165, 1.54) is 33.0 Å². The van der Waals surface area contributed by atoms with E-state index in [-0.39, 0.29) is 37.4 Å². The largest absolute Gasteiger partial charge is 0.501 e. The van der Waals surface area contributed by atoms with Crippen molar-refractivity contribution in [1.82, 2.24) is 19.5 Å². The van der Waals surface area contributed by atoms with E-state index in [2.05, 4.69) is 158 Å². The molecular weight excluding hydrogens is 953 g/mol. The summed E-state index contributed by atoms with van der Waals surface area (Å²) in [6, 6.07) is 48.6. The zero-order valence-electron chi connectivity index (χ0n) is 37.6. The van der Waals surface area contributed by atoms with Gasteiger partial charge in [0.05, 0.1) is 25.0 Å². The van der Waals surface area contributed by atoms with E-state index in [9.17, 15) is 0 Å². The summed E-state index contributed by atoms with van der Waals surface area (Å²) in [6.45, 7) is 23.1. The summed E-state index contributed by atoms with van der Waals surface area (Å²) in [5.41, 5.74) is 14.1. The van der Waals surface area contributed by atoms with Crippen molar-refractivity contribution in [3.8, 4) is 39.5 Å². The van der Waals surface area contributed by atoms with Crippen molar-refractivity contribution in [1.29, 1.82) is 0 Å². The number of pyridine rings is 2. The van der Waals surface area contributed by atoms with Crippen molar-refractivity contribution in [2.45, 2.75) is 86.4 Å². The number of fused-ring (bicyclic) bond motifs is 4. The molecule has 7 heteroatoms. The fraction of sp³-hybridized carbons (Fsp3) is 0.255. The molecule has 0 spiro atoms. The zero-order chi connectivity index (χ0) is 43.1. The van der Waals surface area contributed by atoms with Crippen LogP contribution in [-0.2, 0) is 26.5 Å². The molecule has 0 aliphatic heterocycles. The van der Waals surface area contributed by atoms with Crippen LogP contribution in [-0.4, -0.2) is 27.6 Å². The van der Waals surface area contributed by atoms with Gasteiger partial charge in [0.15, 0.2) is 5.65 Å². The maximum atomic E-state index is 6.45. The van der Waals surface area contributed by atoms with E-state index in [1.54, 1.807) is 0 Å². The molecule has 0 saturated heterocycles. The van der Waals surface area contributed by atoms with Gasteiger partial charge in [-0.1, -0.05) is 139 Å². The van der Waals surface area contributed by atoms with Gasteiger partial charge in [0.2, 0.25) is 0 Å². The summed E-state index contributed by atoms with van der Waals surface area (Å²) in [6.07, 6.45) is 5.05. The zero-order valence-corrected chi connectivity index (χ0v) is 41.0. The molecule has 0 aliphatic rings. The molecule has 0 bridgehead atoms. The average molecular weight is 1010 g/mol. The smallest absolute Gasteiger partial charge is 0.155 e. The third-order valence-electron chi connectivity index (χ3n) is 11.2. The van der Waals surface area contributed by atoms with Gasteiger partial charge in [0.1, 0.15) is 5.58 Å². The van der Waals surface area contributed by atoms with Gasteiger partial charge in [-0.2, -0.15) is 0 Å². The third-order valence-corrected chi connectivity index (χ3v) is 13.3. The molecule has 9 aromatic rings. The van der Waals surface area contributed by atoms with Crippen LogP contribution in [0, 0.1) is 17.5 Å². The average Bonchev–Trinajstić information content (AvgIpc) is 3.82. The summed E-state index contributed by atoms with van der Waals surface area (Å²) in [5, 5.41) is 3.63. The minimum absolute atomic E-state index is 0. The molecule has 0 saturated carbocycles. The maximum Gasteiger partial charge on any atom is 0.155 e. The van der Waals surface area contributed by atoms with Gasteiger partial charge in [-0.3, -0.25) is 4.98 Å². The molecule has 0 fully saturated rings. The molecule has 4 heterocycles. The predicted molar refractivity (Wildman–Crippen MR) is 259 cm³/mol. The SMILES string of the molecule is CC(C)(C)Cc1cc(-c2[c-]cccc2)ncc1[Si](C)(C)C.CC(C)c1cc(-c2ccccc2)cc(C(C)C)c1-n1c(-c2[c-]ccc3c2oc2ccccc23)nc2cccnc21.[Ir]. The normalized spacial score (nSPS) is 11.9. The molecule has 0 aliphatic carbocycles. The Balaban J connectivity index is 0.000000223. The molecule has 0 N–H and O–H groups in total. The number of hydrogen-bond donors (Lipinski definition) is 0. The van der Waals surface area contributed by atoms with E-state index in [4.69, 9.17) is 19.4 Å². The maximum absolute atomic E-state index is 6.45. The van der Waals surface area contributed by atoms with Crippen LogP contribution in [0.15, 0.2) is 138 Å². The molecule has 4 aromatic heterocycles. The fourth-order valence-corrected chi connectivity index (χ4v) is 9.93. The van der Waals surface area contributed by atoms with Crippen molar-refractivity contribution in [2.75, 3.05) is 0 Å². The van der Waals surface area contributed by atoms with E-state index in [0.717, 1.165) is 67.9 Å².